The lowest BCUT2D eigenvalue weighted by Gasteiger charge is -2.10. The standard InChI is InChI=1S/C14H15F2NOS2/c1-19-9-11-7-6-10(18-11)8-17-12-4-2-3-5-13(12)20-14(15)16/h2-7,14,17H,8-9H2,1H3. The second-order valence-corrected chi connectivity index (χ2v) is 5.93. The van der Waals surface area contributed by atoms with Gasteiger partial charge in [-0.25, -0.2) is 0 Å². The summed E-state index contributed by atoms with van der Waals surface area (Å²) in [5.74, 6) is 0.128. The number of para-hydroxylation sites is 1. The molecule has 0 aliphatic rings. The highest BCUT2D eigenvalue weighted by atomic mass is 32.2. The smallest absolute Gasteiger partial charge is 0.288 e. The van der Waals surface area contributed by atoms with Crippen LogP contribution in [0.1, 0.15) is 11.5 Å². The Labute approximate surface area is 125 Å². The monoisotopic (exact) mass is 315 g/mol. The van der Waals surface area contributed by atoms with Crippen LogP contribution in [-0.4, -0.2) is 12.0 Å². The fourth-order valence-corrected chi connectivity index (χ4v) is 2.79. The molecule has 1 N–H and O–H groups in total. The Morgan fingerprint density at radius 2 is 1.90 bits per heavy atom. The molecule has 2 rings (SSSR count). The van der Waals surface area contributed by atoms with Crippen molar-refractivity contribution in [2.45, 2.75) is 23.0 Å². The average Bonchev–Trinajstić information content (AvgIpc) is 2.85. The summed E-state index contributed by atoms with van der Waals surface area (Å²) in [7, 11) is 0. The van der Waals surface area contributed by atoms with Gasteiger partial charge in [0, 0.05) is 10.6 Å². The molecule has 0 unspecified atom stereocenters. The van der Waals surface area contributed by atoms with Gasteiger partial charge in [-0.2, -0.15) is 20.5 Å². The number of benzene rings is 1. The van der Waals surface area contributed by atoms with Crippen LogP contribution in [-0.2, 0) is 12.3 Å². The lowest BCUT2D eigenvalue weighted by molar-refractivity contribution is 0.252. The van der Waals surface area contributed by atoms with Gasteiger partial charge < -0.3 is 9.73 Å². The fourth-order valence-electron chi connectivity index (χ4n) is 1.73. The normalized spacial score (nSPS) is 11.0. The number of hydrogen-bond acceptors (Lipinski definition) is 4. The molecule has 6 heteroatoms. The molecule has 0 saturated carbocycles. The van der Waals surface area contributed by atoms with E-state index >= 15 is 0 Å². The molecule has 2 aromatic rings. The molecule has 0 fully saturated rings. The molecule has 0 spiro atoms. The van der Waals surface area contributed by atoms with Crippen LogP contribution in [0.2, 0.25) is 0 Å². The third kappa shape index (κ3) is 4.45. The predicted molar refractivity (Wildman–Crippen MR) is 81.6 cm³/mol. The minimum absolute atomic E-state index is 0.481. The van der Waals surface area contributed by atoms with E-state index in [0.29, 0.717) is 28.9 Å². The molecule has 0 radical (unpaired) electrons. The summed E-state index contributed by atoms with van der Waals surface area (Å²) in [6.07, 6.45) is 2.01. The maximum Gasteiger partial charge on any atom is 0.288 e. The molecule has 0 amide bonds. The van der Waals surface area contributed by atoms with Crippen LogP contribution < -0.4 is 5.32 Å². The van der Waals surface area contributed by atoms with E-state index in [1.165, 1.54) is 0 Å². The van der Waals surface area contributed by atoms with E-state index in [4.69, 9.17) is 4.42 Å². The summed E-state index contributed by atoms with van der Waals surface area (Å²) in [5, 5.41) is 3.14. The zero-order chi connectivity index (χ0) is 14.4. The Bertz CT molecular complexity index is 545. The highest BCUT2D eigenvalue weighted by Crippen LogP contribution is 2.31. The van der Waals surface area contributed by atoms with Crippen molar-refractivity contribution in [2.24, 2.45) is 0 Å². The summed E-state index contributed by atoms with van der Waals surface area (Å²) in [5.41, 5.74) is 0.695. The topological polar surface area (TPSA) is 25.2 Å². The van der Waals surface area contributed by atoms with Crippen LogP contribution >= 0.6 is 23.5 Å². The van der Waals surface area contributed by atoms with Crippen molar-refractivity contribution in [2.75, 3.05) is 11.6 Å². The Kier molecular flexibility index (Phi) is 5.79. The van der Waals surface area contributed by atoms with Crippen LogP contribution in [0.4, 0.5) is 14.5 Å². The minimum Gasteiger partial charge on any atom is -0.463 e. The van der Waals surface area contributed by atoms with Gasteiger partial charge in [-0.15, -0.1) is 0 Å². The molecule has 2 nitrogen and oxygen atoms in total. The van der Waals surface area contributed by atoms with E-state index in [2.05, 4.69) is 5.32 Å². The first-order valence-corrected chi connectivity index (χ1v) is 8.30. The number of rotatable bonds is 7. The van der Waals surface area contributed by atoms with E-state index in [1.807, 2.05) is 24.5 Å². The Morgan fingerprint density at radius 3 is 2.65 bits per heavy atom. The molecule has 108 valence electrons. The van der Waals surface area contributed by atoms with Crippen molar-refractivity contribution < 1.29 is 13.2 Å². The van der Waals surface area contributed by atoms with E-state index in [1.54, 1.807) is 30.0 Å². The van der Waals surface area contributed by atoms with Crippen LogP contribution in [0.5, 0.6) is 0 Å². The fraction of sp³-hybridized carbons (Fsp3) is 0.286. The van der Waals surface area contributed by atoms with Crippen molar-refractivity contribution in [1.82, 2.24) is 0 Å². The van der Waals surface area contributed by atoms with E-state index in [9.17, 15) is 8.78 Å². The maximum absolute atomic E-state index is 12.5. The molecule has 0 bridgehead atoms. The number of alkyl halides is 2. The van der Waals surface area contributed by atoms with Crippen molar-refractivity contribution in [3.8, 4) is 0 Å². The van der Waals surface area contributed by atoms with Gasteiger partial charge in [-0.1, -0.05) is 23.9 Å². The second-order valence-electron chi connectivity index (χ2n) is 4.03. The lowest BCUT2D eigenvalue weighted by atomic mass is 10.3. The third-order valence-corrected chi connectivity index (χ3v) is 3.92. The van der Waals surface area contributed by atoms with Gasteiger partial charge in [0.15, 0.2) is 0 Å². The molecular formula is C14H15F2NOS2. The molecule has 0 saturated heterocycles. The quantitative estimate of drug-likeness (QED) is 0.721. The van der Waals surface area contributed by atoms with Crippen molar-refractivity contribution >= 4 is 29.2 Å². The number of anilines is 1. The van der Waals surface area contributed by atoms with Gasteiger partial charge in [-0.05, 0) is 30.5 Å². The summed E-state index contributed by atoms with van der Waals surface area (Å²) < 4.78 is 30.6. The molecule has 0 aliphatic heterocycles. The van der Waals surface area contributed by atoms with Crippen LogP contribution in [0.15, 0.2) is 45.7 Å². The van der Waals surface area contributed by atoms with E-state index in [0.717, 1.165) is 17.3 Å². The summed E-state index contributed by atoms with van der Waals surface area (Å²) in [6, 6.07) is 10.9. The van der Waals surface area contributed by atoms with Crippen LogP contribution in [0, 0.1) is 0 Å². The van der Waals surface area contributed by atoms with Gasteiger partial charge in [-0.3, -0.25) is 0 Å². The van der Waals surface area contributed by atoms with Gasteiger partial charge in [0.25, 0.3) is 5.76 Å². The molecule has 20 heavy (non-hydrogen) atoms. The average molecular weight is 315 g/mol. The van der Waals surface area contributed by atoms with Crippen molar-refractivity contribution in [3.05, 3.63) is 47.9 Å². The Hall–Kier alpha value is -1.14. The van der Waals surface area contributed by atoms with Gasteiger partial charge in [0.2, 0.25) is 0 Å². The number of halogens is 2. The predicted octanol–water partition coefficient (Wildman–Crippen LogP) is 5.07. The maximum atomic E-state index is 12.5. The molecule has 1 aromatic carbocycles. The largest absolute Gasteiger partial charge is 0.463 e. The van der Waals surface area contributed by atoms with E-state index < -0.39 is 5.76 Å². The van der Waals surface area contributed by atoms with Crippen LogP contribution in [0.25, 0.3) is 0 Å². The number of hydrogen-bond donors (Lipinski definition) is 1. The SMILES string of the molecule is CSCc1ccc(CNc2ccccc2SC(F)F)o1. The van der Waals surface area contributed by atoms with Gasteiger partial charge in [0.05, 0.1) is 12.3 Å². The lowest BCUT2D eigenvalue weighted by Crippen LogP contribution is -2.00. The first-order valence-electron chi connectivity index (χ1n) is 6.03. The Balaban J connectivity index is 1.99. The number of thioether (sulfide) groups is 2. The number of nitrogens with one attached hydrogen (secondary N) is 1. The molecule has 0 atom stereocenters. The first kappa shape index (κ1) is 15.3. The summed E-state index contributed by atoms with van der Waals surface area (Å²) in [6.45, 7) is 0.481. The highest BCUT2D eigenvalue weighted by molar-refractivity contribution is 7.99. The summed E-state index contributed by atoms with van der Waals surface area (Å²) >= 11 is 2.23. The molecule has 1 aromatic heterocycles. The van der Waals surface area contributed by atoms with Crippen LogP contribution in [0.3, 0.4) is 0 Å². The van der Waals surface area contributed by atoms with Gasteiger partial charge >= 0.3 is 0 Å². The minimum atomic E-state index is -2.42. The molecule has 1 heterocycles. The van der Waals surface area contributed by atoms with Gasteiger partial charge in [0.1, 0.15) is 11.5 Å². The van der Waals surface area contributed by atoms with E-state index in [-0.39, 0.29) is 0 Å². The summed E-state index contributed by atoms with van der Waals surface area (Å²) in [4.78, 5) is 0.540. The molecule has 0 aliphatic carbocycles. The zero-order valence-corrected chi connectivity index (χ0v) is 12.6. The van der Waals surface area contributed by atoms with Crippen molar-refractivity contribution in [3.63, 3.8) is 0 Å². The highest BCUT2D eigenvalue weighted by Gasteiger charge is 2.10. The number of furan rings is 1. The van der Waals surface area contributed by atoms with Crippen molar-refractivity contribution in [1.29, 1.82) is 0 Å². The first-order chi connectivity index (χ1) is 9.69. The second kappa shape index (κ2) is 7.59. The third-order valence-electron chi connectivity index (χ3n) is 2.56. The zero-order valence-electron chi connectivity index (χ0n) is 10.9. The molecular weight excluding hydrogens is 300 g/mol. The Morgan fingerprint density at radius 1 is 1.15 bits per heavy atom.